The van der Waals surface area contributed by atoms with Gasteiger partial charge < -0.3 is 10.1 Å². The first kappa shape index (κ1) is 16.0. The molecule has 2 heterocycles. The van der Waals surface area contributed by atoms with Crippen LogP contribution in [0.1, 0.15) is 44.1 Å². The van der Waals surface area contributed by atoms with Crippen LogP contribution in [0.4, 0.5) is 0 Å². The van der Waals surface area contributed by atoms with Crippen LogP contribution in [0.5, 0.6) is 5.75 Å². The van der Waals surface area contributed by atoms with E-state index >= 15 is 0 Å². The smallest absolute Gasteiger partial charge is 0.142 e. The molecule has 0 fully saturated rings. The summed E-state index contributed by atoms with van der Waals surface area (Å²) in [6.45, 7) is 7.17. The van der Waals surface area contributed by atoms with Gasteiger partial charge >= 0.3 is 0 Å². The van der Waals surface area contributed by atoms with E-state index in [1.54, 1.807) is 19.5 Å². The average Bonchev–Trinajstić information content (AvgIpc) is 2.86. The van der Waals surface area contributed by atoms with Gasteiger partial charge in [0.15, 0.2) is 0 Å². The maximum Gasteiger partial charge on any atom is 0.142 e. The van der Waals surface area contributed by atoms with Crippen molar-refractivity contribution in [2.75, 3.05) is 13.7 Å². The minimum atomic E-state index is -0.00720. The lowest BCUT2D eigenvalue weighted by Gasteiger charge is -2.23. The molecule has 1 atom stereocenters. The van der Waals surface area contributed by atoms with Crippen LogP contribution in [0, 0.1) is 0 Å². The molecule has 2 aromatic heterocycles. The van der Waals surface area contributed by atoms with Gasteiger partial charge in [0.05, 0.1) is 35.7 Å². The van der Waals surface area contributed by atoms with E-state index in [2.05, 4.69) is 52.1 Å². The van der Waals surface area contributed by atoms with Crippen molar-refractivity contribution in [1.29, 1.82) is 0 Å². The quantitative estimate of drug-likeness (QED) is 0.866. The lowest BCUT2D eigenvalue weighted by Crippen LogP contribution is -2.26. The molecule has 0 aliphatic heterocycles. The number of nitrogens with one attached hydrogen (secondary N) is 1. The molecule has 6 heteroatoms. The lowest BCUT2D eigenvalue weighted by molar-refractivity contribution is 0.398. The Morgan fingerprint density at radius 3 is 2.76 bits per heavy atom. The third-order valence-electron chi connectivity index (χ3n) is 3.31. The van der Waals surface area contributed by atoms with Crippen LogP contribution in [-0.4, -0.2) is 28.4 Å². The van der Waals surface area contributed by atoms with E-state index in [4.69, 9.17) is 4.74 Å². The summed E-state index contributed by atoms with van der Waals surface area (Å²) in [4.78, 5) is 4.13. The molecule has 0 saturated heterocycles. The van der Waals surface area contributed by atoms with Gasteiger partial charge in [0.1, 0.15) is 5.75 Å². The van der Waals surface area contributed by atoms with E-state index in [9.17, 15) is 0 Å². The van der Waals surface area contributed by atoms with Crippen LogP contribution >= 0.6 is 15.9 Å². The number of methoxy groups -OCH3 is 1. The van der Waals surface area contributed by atoms with Gasteiger partial charge in [0.25, 0.3) is 0 Å². The van der Waals surface area contributed by atoms with Crippen molar-refractivity contribution in [2.45, 2.75) is 32.9 Å². The summed E-state index contributed by atoms with van der Waals surface area (Å²) >= 11 is 3.62. The normalized spacial score (nSPS) is 12.7. The molecule has 0 bridgehead atoms. The molecule has 114 valence electrons. The molecule has 0 saturated carbocycles. The molecule has 5 nitrogen and oxygen atoms in total. The SMILES string of the molecule is CCNC(c1ccncc1OC)c1c(Br)cnn1C(C)C. The van der Waals surface area contributed by atoms with Crippen LogP contribution < -0.4 is 10.1 Å². The average molecular weight is 353 g/mol. The summed E-state index contributed by atoms with van der Waals surface area (Å²) in [5, 5.41) is 7.99. The predicted octanol–water partition coefficient (Wildman–Crippen LogP) is 3.33. The third kappa shape index (κ3) is 3.27. The Hall–Kier alpha value is -1.40. The molecule has 0 aromatic carbocycles. The van der Waals surface area contributed by atoms with Crippen LogP contribution in [0.2, 0.25) is 0 Å². The van der Waals surface area contributed by atoms with Gasteiger partial charge in [-0.2, -0.15) is 5.10 Å². The van der Waals surface area contributed by atoms with Crippen molar-refractivity contribution in [1.82, 2.24) is 20.1 Å². The zero-order chi connectivity index (χ0) is 15.4. The topological polar surface area (TPSA) is 52.0 Å². The zero-order valence-corrected chi connectivity index (χ0v) is 14.4. The zero-order valence-electron chi connectivity index (χ0n) is 12.8. The molecule has 21 heavy (non-hydrogen) atoms. The molecular weight excluding hydrogens is 332 g/mol. The molecule has 0 aliphatic carbocycles. The van der Waals surface area contributed by atoms with Gasteiger partial charge in [0.2, 0.25) is 0 Å². The van der Waals surface area contributed by atoms with Crippen molar-refractivity contribution in [2.24, 2.45) is 0 Å². The summed E-state index contributed by atoms with van der Waals surface area (Å²) in [5.41, 5.74) is 2.15. The second-order valence-corrected chi connectivity index (χ2v) is 5.88. The minimum absolute atomic E-state index is 0.00720. The number of halogens is 1. The Morgan fingerprint density at radius 1 is 1.38 bits per heavy atom. The Morgan fingerprint density at radius 2 is 2.14 bits per heavy atom. The number of nitrogens with zero attached hydrogens (tertiary/aromatic N) is 3. The fraction of sp³-hybridized carbons (Fsp3) is 0.467. The maximum atomic E-state index is 5.46. The highest BCUT2D eigenvalue weighted by Crippen LogP contribution is 2.34. The van der Waals surface area contributed by atoms with E-state index < -0.39 is 0 Å². The monoisotopic (exact) mass is 352 g/mol. The van der Waals surface area contributed by atoms with Gasteiger partial charge in [-0.1, -0.05) is 6.92 Å². The largest absolute Gasteiger partial charge is 0.495 e. The molecular formula is C15H21BrN4O. The molecule has 0 radical (unpaired) electrons. The number of hydrogen-bond acceptors (Lipinski definition) is 4. The fourth-order valence-corrected chi connectivity index (χ4v) is 2.89. The van der Waals surface area contributed by atoms with Crippen LogP contribution in [0.25, 0.3) is 0 Å². The van der Waals surface area contributed by atoms with E-state index in [1.807, 2.05) is 16.9 Å². The number of pyridine rings is 1. The first-order valence-electron chi connectivity index (χ1n) is 7.04. The summed E-state index contributed by atoms with van der Waals surface area (Å²) in [7, 11) is 1.66. The number of ether oxygens (including phenoxy) is 1. The predicted molar refractivity (Wildman–Crippen MR) is 86.6 cm³/mol. The van der Waals surface area contributed by atoms with Crippen LogP contribution in [0.3, 0.4) is 0 Å². The van der Waals surface area contributed by atoms with Crippen molar-refractivity contribution in [3.63, 3.8) is 0 Å². The third-order valence-corrected chi connectivity index (χ3v) is 3.92. The molecule has 1 N–H and O–H groups in total. The van der Waals surface area contributed by atoms with Gasteiger partial charge in [-0.15, -0.1) is 0 Å². The molecule has 1 unspecified atom stereocenters. The molecule has 0 spiro atoms. The Balaban J connectivity index is 2.56. The van der Waals surface area contributed by atoms with Crippen molar-refractivity contribution < 1.29 is 4.74 Å². The van der Waals surface area contributed by atoms with E-state index in [0.29, 0.717) is 0 Å². The Labute approximate surface area is 133 Å². The van der Waals surface area contributed by atoms with Crippen LogP contribution in [-0.2, 0) is 0 Å². The molecule has 2 aromatic rings. The minimum Gasteiger partial charge on any atom is -0.495 e. The maximum absolute atomic E-state index is 5.46. The van der Waals surface area contributed by atoms with Crippen molar-refractivity contribution in [3.05, 3.63) is 40.4 Å². The first-order valence-corrected chi connectivity index (χ1v) is 7.83. The Kier molecular flexibility index (Phi) is 5.36. The highest BCUT2D eigenvalue weighted by molar-refractivity contribution is 9.10. The van der Waals surface area contributed by atoms with Crippen molar-refractivity contribution >= 4 is 15.9 Å². The molecule has 0 aliphatic rings. The lowest BCUT2D eigenvalue weighted by atomic mass is 10.0. The van der Waals surface area contributed by atoms with Gasteiger partial charge in [-0.05, 0) is 42.4 Å². The summed E-state index contributed by atoms with van der Waals surface area (Å²) in [6, 6.07) is 2.25. The van der Waals surface area contributed by atoms with E-state index in [1.165, 1.54) is 0 Å². The van der Waals surface area contributed by atoms with Crippen molar-refractivity contribution in [3.8, 4) is 5.75 Å². The number of rotatable bonds is 6. The second-order valence-electron chi connectivity index (χ2n) is 5.02. The van der Waals surface area contributed by atoms with E-state index in [0.717, 1.165) is 28.0 Å². The van der Waals surface area contributed by atoms with Gasteiger partial charge in [-0.3, -0.25) is 9.67 Å². The fourth-order valence-electron chi connectivity index (χ4n) is 2.39. The number of aromatic nitrogens is 3. The Bertz CT molecular complexity index is 597. The van der Waals surface area contributed by atoms with Crippen LogP contribution in [0.15, 0.2) is 29.1 Å². The second kappa shape index (κ2) is 7.04. The number of hydrogen-bond donors (Lipinski definition) is 1. The summed E-state index contributed by atoms with van der Waals surface area (Å²) in [5.74, 6) is 0.770. The first-order chi connectivity index (χ1) is 10.1. The highest BCUT2D eigenvalue weighted by atomic mass is 79.9. The van der Waals surface area contributed by atoms with Gasteiger partial charge in [0, 0.05) is 17.8 Å². The molecule has 0 amide bonds. The van der Waals surface area contributed by atoms with Gasteiger partial charge in [-0.25, -0.2) is 0 Å². The highest BCUT2D eigenvalue weighted by Gasteiger charge is 2.25. The molecule has 2 rings (SSSR count). The summed E-state index contributed by atoms with van der Waals surface area (Å²) in [6.07, 6.45) is 5.36. The van der Waals surface area contributed by atoms with E-state index in [-0.39, 0.29) is 12.1 Å². The summed E-state index contributed by atoms with van der Waals surface area (Å²) < 4.78 is 8.48. The standard InChI is InChI=1S/C15H21BrN4O/c1-5-18-14(11-6-7-17-9-13(11)21-4)15-12(16)8-19-20(15)10(2)3/h6-10,14,18H,5H2,1-4H3.